The Labute approximate surface area is 163 Å². The zero-order chi connectivity index (χ0) is 19.8. The summed E-state index contributed by atoms with van der Waals surface area (Å²) in [7, 11) is 3.58. The number of fused-ring (bicyclic) bond motifs is 1. The molecule has 4 rings (SSSR count). The second-order valence-corrected chi connectivity index (χ2v) is 6.87. The molecule has 0 saturated heterocycles. The van der Waals surface area contributed by atoms with Crippen LogP contribution in [0, 0.1) is 20.8 Å². The smallest absolute Gasteiger partial charge is 0.247 e. The normalized spacial score (nSPS) is 11.0. The predicted molar refractivity (Wildman–Crippen MR) is 109 cm³/mol. The highest BCUT2D eigenvalue weighted by Gasteiger charge is 2.15. The van der Waals surface area contributed by atoms with Crippen molar-refractivity contribution in [2.45, 2.75) is 20.8 Å². The van der Waals surface area contributed by atoms with Gasteiger partial charge in [0.1, 0.15) is 17.1 Å². The Bertz CT molecular complexity index is 1140. The lowest BCUT2D eigenvalue weighted by molar-refractivity contribution is 0.398. The number of methoxy groups -OCH3 is 1. The molecular formula is C22H22N4O2. The number of aromatic nitrogens is 4. The van der Waals surface area contributed by atoms with Crippen molar-refractivity contribution >= 4 is 11.0 Å². The molecule has 3 aromatic heterocycles. The van der Waals surface area contributed by atoms with E-state index in [4.69, 9.17) is 9.47 Å². The first-order valence-corrected chi connectivity index (χ1v) is 9.05. The molecule has 0 bridgehead atoms. The van der Waals surface area contributed by atoms with Crippen LogP contribution in [0.15, 0.2) is 42.7 Å². The van der Waals surface area contributed by atoms with Gasteiger partial charge in [0, 0.05) is 31.1 Å². The summed E-state index contributed by atoms with van der Waals surface area (Å²) in [6.07, 6.45) is 3.78. The zero-order valence-electron chi connectivity index (χ0n) is 16.6. The Balaban J connectivity index is 1.74. The fourth-order valence-corrected chi connectivity index (χ4v) is 3.38. The highest BCUT2D eigenvalue weighted by atomic mass is 16.5. The molecule has 0 amide bonds. The number of pyridine rings is 1. The molecule has 0 N–H and O–H groups in total. The molecule has 6 heteroatoms. The summed E-state index contributed by atoms with van der Waals surface area (Å²) in [4.78, 5) is 13.3. The molecule has 0 aliphatic heterocycles. The summed E-state index contributed by atoms with van der Waals surface area (Å²) in [5.41, 5.74) is 5.93. The Hall–Kier alpha value is -3.41. The molecule has 0 aliphatic carbocycles. The Kier molecular flexibility index (Phi) is 4.47. The molecule has 142 valence electrons. The van der Waals surface area contributed by atoms with Crippen LogP contribution in [0.25, 0.3) is 22.2 Å². The molecule has 0 saturated carbocycles. The van der Waals surface area contributed by atoms with E-state index >= 15 is 0 Å². The number of hydrogen-bond donors (Lipinski definition) is 0. The second-order valence-electron chi connectivity index (χ2n) is 6.87. The first-order chi connectivity index (χ1) is 13.5. The van der Waals surface area contributed by atoms with Crippen LogP contribution < -0.4 is 9.47 Å². The lowest BCUT2D eigenvalue weighted by Crippen LogP contribution is -2.00. The first kappa shape index (κ1) is 18.0. The van der Waals surface area contributed by atoms with E-state index in [2.05, 4.69) is 27.1 Å². The number of aryl methyl sites for hydroxylation is 4. The fourth-order valence-electron chi connectivity index (χ4n) is 3.38. The van der Waals surface area contributed by atoms with E-state index in [1.807, 2.05) is 63.0 Å². The molecule has 4 aromatic rings. The predicted octanol–water partition coefficient (Wildman–Crippen LogP) is 4.76. The van der Waals surface area contributed by atoms with E-state index in [-0.39, 0.29) is 0 Å². The molecule has 28 heavy (non-hydrogen) atoms. The van der Waals surface area contributed by atoms with Crippen molar-refractivity contribution in [3.8, 4) is 28.6 Å². The fraction of sp³-hybridized carbons (Fsp3) is 0.227. The van der Waals surface area contributed by atoms with Crippen molar-refractivity contribution in [1.82, 2.24) is 19.5 Å². The lowest BCUT2D eigenvalue weighted by atomic mass is 10.0. The van der Waals surface area contributed by atoms with Crippen molar-refractivity contribution in [1.29, 1.82) is 0 Å². The quantitative estimate of drug-likeness (QED) is 0.515. The van der Waals surface area contributed by atoms with Gasteiger partial charge in [0.2, 0.25) is 11.8 Å². The number of nitrogens with zero attached hydrogens (tertiary/aromatic N) is 4. The van der Waals surface area contributed by atoms with Gasteiger partial charge in [0.15, 0.2) is 0 Å². The standard InChI is InChI=1S/C22H22N4O2/c1-13-10-17(16-6-7-19(27-5)23-12-16)11-14(2)21(13)28-22-20-18(8-9-26(20)4)24-15(3)25-22/h6-12H,1-5H3. The topological polar surface area (TPSA) is 62.1 Å². The van der Waals surface area contributed by atoms with Crippen molar-refractivity contribution in [3.05, 3.63) is 59.7 Å². The largest absolute Gasteiger partial charge is 0.481 e. The third-order valence-corrected chi connectivity index (χ3v) is 4.74. The zero-order valence-corrected chi connectivity index (χ0v) is 16.6. The summed E-state index contributed by atoms with van der Waals surface area (Å²) in [6, 6.07) is 10.0. The van der Waals surface area contributed by atoms with Crippen molar-refractivity contribution in [3.63, 3.8) is 0 Å². The van der Waals surface area contributed by atoms with Gasteiger partial charge in [-0.3, -0.25) is 0 Å². The Morgan fingerprint density at radius 3 is 2.32 bits per heavy atom. The van der Waals surface area contributed by atoms with Gasteiger partial charge in [-0.1, -0.05) is 0 Å². The summed E-state index contributed by atoms with van der Waals surface area (Å²) >= 11 is 0. The number of benzene rings is 1. The minimum atomic E-state index is 0.570. The van der Waals surface area contributed by atoms with Crippen LogP contribution in [0.2, 0.25) is 0 Å². The maximum atomic E-state index is 6.29. The third kappa shape index (κ3) is 3.17. The molecule has 0 radical (unpaired) electrons. The SMILES string of the molecule is COc1ccc(-c2cc(C)c(Oc3nc(C)nc4ccn(C)c34)c(C)c2)cn1. The van der Waals surface area contributed by atoms with E-state index in [9.17, 15) is 0 Å². The number of hydrogen-bond acceptors (Lipinski definition) is 5. The third-order valence-electron chi connectivity index (χ3n) is 4.74. The van der Waals surface area contributed by atoms with Gasteiger partial charge >= 0.3 is 0 Å². The van der Waals surface area contributed by atoms with Gasteiger partial charge in [-0.05, 0) is 61.7 Å². The van der Waals surface area contributed by atoms with Gasteiger partial charge < -0.3 is 14.0 Å². The van der Waals surface area contributed by atoms with E-state index in [1.54, 1.807) is 7.11 Å². The van der Waals surface area contributed by atoms with Gasteiger partial charge in [-0.2, -0.15) is 4.98 Å². The van der Waals surface area contributed by atoms with Crippen LogP contribution in [0.3, 0.4) is 0 Å². The van der Waals surface area contributed by atoms with Crippen molar-refractivity contribution in [2.24, 2.45) is 7.05 Å². The monoisotopic (exact) mass is 374 g/mol. The Morgan fingerprint density at radius 1 is 0.929 bits per heavy atom. The Morgan fingerprint density at radius 2 is 1.68 bits per heavy atom. The average Bonchev–Trinajstić information content (AvgIpc) is 3.05. The maximum Gasteiger partial charge on any atom is 0.247 e. The second kappa shape index (κ2) is 6.96. The van der Waals surface area contributed by atoms with Crippen LogP contribution in [0.5, 0.6) is 17.5 Å². The van der Waals surface area contributed by atoms with Crippen LogP contribution in [0.4, 0.5) is 0 Å². The molecule has 0 unspecified atom stereocenters. The highest BCUT2D eigenvalue weighted by Crippen LogP contribution is 2.35. The highest BCUT2D eigenvalue weighted by molar-refractivity contribution is 5.81. The summed E-state index contributed by atoms with van der Waals surface area (Å²) in [6.45, 7) is 5.96. The molecule has 3 heterocycles. The molecule has 0 atom stereocenters. The van der Waals surface area contributed by atoms with Gasteiger partial charge in [-0.25, -0.2) is 9.97 Å². The van der Waals surface area contributed by atoms with Crippen LogP contribution in [0.1, 0.15) is 17.0 Å². The van der Waals surface area contributed by atoms with Crippen LogP contribution in [-0.4, -0.2) is 26.6 Å². The van der Waals surface area contributed by atoms with Crippen LogP contribution in [-0.2, 0) is 7.05 Å². The van der Waals surface area contributed by atoms with Gasteiger partial charge in [0.25, 0.3) is 0 Å². The minimum Gasteiger partial charge on any atom is -0.481 e. The van der Waals surface area contributed by atoms with Gasteiger partial charge in [0.05, 0.1) is 12.6 Å². The first-order valence-electron chi connectivity index (χ1n) is 9.05. The molecule has 6 nitrogen and oxygen atoms in total. The van der Waals surface area contributed by atoms with E-state index < -0.39 is 0 Å². The minimum absolute atomic E-state index is 0.570. The van der Waals surface area contributed by atoms with E-state index in [0.29, 0.717) is 17.6 Å². The molecular weight excluding hydrogens is 352 g/mol. The summed E-state index contributed by atoms with van der Waals surface area (Å²) in [5, 5.41) is 0. The van der Waals surface area contributed by atoms with E-state index in [1.165, 1.54) is 0 Å². The maximum absolute atomic E-state index is 6.29. The van der Waals surface area contributed by atoms with Gasteiger partial charge in [-0.15, -0.1) is 0 Å². The summed E-state index contributed by atoms with van der Waals surface area (Å²) in [5.74, 6) is 2.67. The van der Waals surface area contributed by atoms with Crippen molar-refractivity contribution in [2.75, 3.05) is 7.11 Å². The van der Waals surface area contributed by atoms with E-state index in [0.717, 1.165) is 39.0 Å². The average molecular weight is 374 g/mol. The molecule has 0 fully saturated rings. The molecule has 1 aromatic carbocycles. The summed E-state index contributed by atoms with van der Waals surface area (Å²) < 4.78 is 13.4. The van der Waals surface area contributed by atoms with Crippen LogP contribution >= 0.6 is 0 Å². The number of ether oxygens (including phenoxy) is 2. The molecule has 0 spiro atoms. The molecule has 0 aliphatic rings. The lowest BCUT2D eigenvalue weighted by Gasteiger charge is -2.15. The van der Waals surface area contributed by atoms with Crippen molar-refractivity contribution < 1.29 is 9.47 Å². The number of rotatable bonds is 4.